The number of benzene rings is 2. The first-order valence-electron chi connectivity index (χ1n) is 10.1. The number of likely N-dealkylation sites (N-methyl/N-ethyl adjacent to an activating group) is 1. The largest absolute Gasteiger partial charge is 0.467 e. The molecule has 0 spiro atoms. The van der Waals surface area contributed by atoms with Crippen molar-refractivity contribution < 1.29 is 17.6 Å². The fraction of sp³-hybridized carbons (Fsp3) is 0.261. The number of carbonyl (C=O) groups is 1. The predicted octanol–water partition coefficient (Wildman–Crippen LogP) is 3.06. The molecule has 1 amide bonds. The van der Waals surface area contributed by atoms with Crippen molar-refractivity contribution in [3.8, 4) is 0 Å². The summed E-state index contributed by atoms with van der Waals surface area (Å²) in [4.78, 5) is 17.3. The van der Waals surface area contributed by atoms with Gasteiger partial charge in [0.05, 0.1) is 17.7 Å². The third-order valence-corrected chi connectivity index (χ3v) is 7.28. The summed E-state index contributed by atoms with van der Waals surface area (Å²) < 4.78 is 33.2. The summed E-state index contributed by atoms with van der Waals surface area (Å²) in [6, 6.07) is 19.1. The molecule has 4 rings (SSSR count). The molecule has 2 heterocycles. The van der Waals surface area contributed by atoms with Gasteiger partial charge in [-0.05, 0) is 49.5 Å². The summed E-state index contributed by atoms with van der Waals surface area (Å²) in [6.45, 7) is 2.48. The number of anilines is 1. The third kappa shape index (κ3) is 4.71. The minimum absolute atomic E-state index is 0.133. The molecule has 0 saturated carbocycles. The molecular formula is C23H25N3O4S. The van der Waals surface area contributed by atoms with E-state index in [1.165, 1.54) is 10.4 Å². The van der Waals surface area contributed by atoms with E-state index in [-0.39, 0.29) is 17.3 Å². The van der Waals surface area contributed by atoms with Crippen molar-refractivity contribution in [2.45, 2.75) is 11.4 Å². The van der Waals surface area contributed by atoms with E-state index in [4.69, 9.17) is 4.42 Å². The van der Waals surface area contributed by atoms with Gasteiger partial charge in [-0.3, -0.25) is 4.79 Å². The van der Waals surface area contributed by atoms with Crippen LogP contribution < -0.4 is 4.90 Å². The average Bonchev–Trinajstić information content (AvgIpc) is 3.31. The van der Waals surface area contributed by atoms with Crippen LogP contribution in [-0.4, -0.2) is 56.8 Å². The number of furan rings is 1. The van der Waals surface area contributed by atoms with E-state index in [0.29, 0.717) is 43.2 Å². The van der Waals surface area contributed by atoms with Crippen molar-refractivity contribution in [3.05, 3.63) is 84.3 Å². The van der Waals surface area contributed by atoms with Crippen molar-refractivity contribution in [2.75, 3.05) is 38.1 Å². The number of sulfonamides is 1. The minimum Gasteiger partial charge on any atom is -0.467 e. The lowest BCUT2D eigenvalue weighted by Crippen LogP contribution is -2.47. The smallest absolute Gasteiger partial charge is 0.258 e. The quantitative estimate of drug-likeness (QED) is 0.590. The molecule has 3 aromatic rings. The molecule has 1 fully saturated rings. The van der Waals surface area contributed by atoms with E-state index >= 15 is 0 Å². The molecule has 0 aliphatic carbocycles. The number of piperazine rings is 1. The third-order valence-electron chi connectivity index (χ3n) is 5.39. The van der Waals surface area contributed by atoms with Gasteiger partial charge in [0, 0.05) is 37.4 Å². The summed E-state index contributed by atoms with van der Waals surface area (Å²) in [7, 11) is -1.69. The van der Waals surface area contributed by atoms with E-state index < -0.39 is 10.0 Å². The van der Waals surface area contributed by atoms with Crippen LogP contribution >= 0.6 is 0 Å². The van der Waals surface area contributed by atoms with Gasteiger partial charge in [0.15, 0.2) is 0 Å². The Morgan fingerprint density at radius 3 is 2.39 bits per heavy atom. The SMILES string of the molecule is CN1CCN(S(=O)(=O)c2cccc(C(=O)N(Cc3ccco3)c3ccccc3)c2)CC1. The summed E-state index contributed by atoms with van der Waals surface area (Å²) in [6.07, 6.45) is 1.56. The maximum atomic E-state index is 13.4. The van der Waals surface area contributed by atoms with Crippen LogP contribution in [-0.2, 0) is 16.6 Å². The van der Waals surface area contributed by atoms with Crippen LogP contribution in [0.15, 0.2) is 82.3 Å². The van der Waals surface area contributed by atoms with Gasteiger partial charge < -0.3 is 14.2 Å². The monoisotopic (exact) mass is 439 g/mol. The Morgan fingerprint density at radius 1 is 0.968 bits per heavy atom. The number of amides is 1. The van der Waals surface area contributed by atoms with Crippen molar-refractivity contribution in [2.24, 2.45) is 0 Å². The first kappa shape index (κ1) is 21.3. The first-order chi connectivity index (χ1) is 14.9. The Labute approximate surface area is 182 Å². The summed E-state index contributed by atoms with van der Waals surface area (Å²) in [5, 5.41) is 0. The molecule has 162 valence electrons. The maximum Gasteiger partial charge on any atom is 0.258 e. The van der Waals surface area contributed by atoms with Crippen LogP contribution in [0.5, 0.6) is 0 Å². The molecule has 1 aromatic heterocycles. The first-order valence-corrected chi connectivity index (χ1v) is 11.6. The van der Waals surface area contributed by atoms with Gasteiger partial charge in [-0.2, -0.15) is 4.31 Å². The van der Waals surface area contributed by atoms with Crippen molar-refractivity contribution >= 4 is 21.6 Å². The van der Waals surface area contributed by atoms with E-state index in [1.807, 2.05) is 37.4 Å². The van der Waals surface area contributed by atoms with Crippen LogP contribution in [0.1, 0.15) is 16.1 Å². The number of hydrogen-bond acceptors (Lipinski definition) is 5. The van der Waals surface area contributed by atoms with Crippen LogP contribution in [0.3, 0.4) is 0 Å². The van der Waals surface area contributed by atoms with Gasteiger partial charge in [-0.15, -0.1) is 0 Å². The van der Waals surface area contributed by atoms with Crippen LogP contribution in [0.2, 0.25) is 0 Å². The molecule has 8 heteroatoms. The molecule has 1 aliphatic heterocycles. The minimum atomic E-state index is -3.66. The highest BCUT2D eigenvalue weighted by atomic mass is 32.2. The Bertz CT molecular complexity index is 1120. The van der Waals surface area contributed by atoms with E-state index in [9.17, 15) is 13.2 Å². The zero-order chi connectivity index (χ0) is 21.8. The van der Waals surface area contributed by atoms with Crippen LogP contribution in [0.25, 0.3) is 0 Å². The molecule has 7 nitrogen and oxygen atoms in total. The standard InChI is InChI=1S/C23H25N3O4S/c1-24-12-14-25(15-13-24)31(28,29)22-11-5-7-19(17-22)23(27)26(18-21-10-6-16-30-21)20-8-3-2-4-9-20/h2-11,16-17H,12-15,18H2,1H3. The summed E-state index contributed by atoms with van der Waals surface area (Å²) in [5.74, 6) is 0.344. The fourth-order valence-corrected chi connectivity index (χ4v) is 5.04. The lowest BCUT2D eigenvalue weighted by atomic mass is 10.1. The highest BCUT2D eigenvalue weighted by molar-refractivity contribution is 7.89. The molecule has 0 bridgehead atoms. The van der Waals surface area contributed by atoms with Gasteiger partial charge in [0.1, 0.15) is 5.76 Å². The van der Waals surface area contributed by atoms with E-state index in [2.05, 4.69) is 4.90 Å². The number of nitrogens with zero attached hydrogens (tertiary/aromatic N) is 3. The van der Waals surface area contributed by atoms with E-state index in [1.54, 1.807) is 41.5 Å². The Kier molecular flexibility index (Phi) is 6.22. The highest BCUT2D eigenvalue weighted by Gasteiger charge is 2.28. The topological polar surface area (TPSA) is 74.1 Å². The Morgan fingerprint density at radius 2 is 1.71 bits per heavy atom. The molecule has 0 radical (unpaired) electrons. The normalized spacial score (nSPS) is 15.6. The number of hydrogen-bond donors (Lipinski definition) is 0. The lowest BCUT2D eigenvalue weighted by Gasteiger charge is -2.31. The number of para-hydroxylation sites is 1. The number of rotatable bonds is 6. The molecule has 31 heavy (non-hydrogen) atoms. The lowest BCUT2D eigenvalue weighted by molar-refractivity contribution is 0.0983. The summed E-state index contributed by atoms with van der Waals surface area (Å²) in [5.41, 5.74) is 1.02. The Hall–Kier alpha value is -2.94. The van der Waals surface area contributed by atoms with Crippen molar-refractivity contribution in [1.82, 2.24) is 9.21 Å². The van der Waals surface area contributed by atoms with Crippen LogP contribution in [0, 0.1) is 0 Å². The average molecular weight is 440 g/mol. The highest BCUT2D eigenvalue weighted by Crippen LogP contribution is 2.23. The maximum absolute atomic E-state index is 13.4. The molecule has 1 saturated heterocycles. The molecule has 0 N–H and O–H groups in total. The van der Waals surface area contributed by atoms with Gasteiger partial charge in [-0.1, -0.05) is 24.3 Å². The van der Waals surface area contributed by atoms with E-state index in [0.717, 1.165) is 0 Å². The number of carbonyl (C=O) groups excluding carboxylic acids is 1. The van der Waals surface area contributed by atoms with Gasteiger partial charge in [-0.25, -0.2) is 8.42 Å². The van der Waals surface area contributed by atoms with Crippen molar-refractivity contribution in [1.29, 1.82) is 0 Å². The second-order valence-corrected chi connectivity index (χ2v) is 9.48. The second-order valence-electron chi connectivity index (χ2n) is 7.54. The Balaban J connectivity index is 1.64. The fourth-order valence-electron chi connectivity index (χ4n) is 3.57. The molecule has 0 atom stereocenters. The molecule has 1 aliphatic rings. The second kappa shape index (κ2) is 9.05. The van der Waals surface area contributed by atoms with Gasteiger partial charge in [0.25, 0.3) is 5.91 Å². The molecule has 2 aromatic carbocycles. The van der Waals surface area contributed by atoms with Gasteiger partial charge in [0.2, 0.25) is 10.0 Å². The summed E-state index contributed by atoms with van der Waals surface area (Å²) >= 11 is 0. The molecular weight excluding hydrogens is 414 g/mol. The predicted molar refractivity (Wildman–Crippen MR) is 118 cm³/mol. The zero-order valence-corrected chi connectivity index (χ0v) is 18.2. The van der Waals surface area contributed by atoms with Crippen molar-refractivity contribution in [3.63, 3.8) is 0 Å². The molecule has 0 unspecified atom stereocenters. The zero-order valence-electron chi connectivity index (χ0n) is 17.3. The van der Waals surface area contributed by atoms with Gasteiger partial charge >= 0.3 is 0 Å². The van der Waals surface area contributed by atoms with Crippen LogP contribution in [0.4, 0.5) is 5.69 Å².